The molecule has 0 aliphatic rings. The van der Waals surface area contributed by atoms with E-state index in [-0.39, 0.29) is 0 Å². The Bertz CT molecular complexity index is 1010. The van der Waals surface area contributed by atoms with Gasteiger partial charge in [0.05, 0.1) is 0 Å². The van der Waals surface area contributed by atoms with Crippen molar-refractivity contribution >= 4 is 25.3 Å². The monoisotopic (exact) mass is 458 g/mol. The van der Waals surface area contributed by atoms with Crippen molar-refractivity contribution < 1.29 is 9.13 Å². The number of hydrogen-bond acceptors (Lipinski definition) is 2. The molecule has 0 aliphatic carbocycles. The van der Waals surface area contributed by atoms with Crippen LogP contribution in [-0.2, 0) is 12.8 Å². The van der Waals surface area contributed by atoms with Gasteiger partial charge in [0.25, 0.3) is 0 Å². The molecule has 2 aromatic carbocycles. The first-order chi connectivity index (χ1) is 15.8. The fourth-order valence-corrected chi connectivity index (χ4v) is 4.13. The molecule has 0 saturated heterocycles. The van der Waals surface area contributed by atoms with Gasteiger partial charge in [0.1, 0.15) is 0 Å². The third kappa shape index (κ3) is 5.81. The van der Waals surface area contributed by atoms with Crippen molar-refractivity contribution in [2.45, 2.75) is 25.7 Å². The van der Waals surface area contributed by atoms with Crippen LogP contribution in [-0.4, -0.2) is 11.5 Å². The van der Waals surface area contributed by atoms with Gasteiger partial charge in [-0.1, -0.05) is 24.3 Å². The summed E-state index contributed by atoms with van der Waals surface area (Å²) in [7, 11) is 0. The van der Waals surface area contributed by atoms with E-state index >= 15 is 0 Å². The van der Waals surface area contributed by atoms with Crippen LogP contribution in [0, 0.1) is 0 Å². The van der Waals surface area contributed by atoms with Gasteiger partial charge in [-0.05, 0) is 59.4 Å². The third-order valence-electron chi connectivity index (χ3n) is 5.71. The number of thiol groups is 2. The fraction of sp³-hybridized carbons (Fsp3) is 0.214. The minimum absolute atomic E-state index is 0.931. The van der Waals surface area contributed by atoms with Gasteiger partial charge in [-0.15, -0.1) is 0 Å². The Labute approximate surface area is 202 Å². The van der Waals surface area contributed by atoms with Gasteiger partial charge in [-0.2, -0.15) is 34.4 Å². The van der Waals surface area contributed by atoms with Crippen LogP contribution in [0.15, 0.2) is 97.6 Å². The maximum absolute atomic E-state index is 4.30. The first-order valence-electron chi connectivity index (χ1n) is 11.2. The molecule has 2 aromatic heterocycles. The standard InChI is InChI=1S/C28H28N2S2/c31-21-1-3-23-5-9-27(10-6-23)29-17-13-25(14-18-29)26-15-19-30(20-16-26)28-11-7-24(8-12-28)4-2-22-32/h5-20H,1-4,21-22H2/p+2. The smallest absolute Gasteiger partial charge is 0.179 e. The molecule has 4 heteroatoms. The van der Waals surface area contributed by atoms with Gasteiger partial charge in [0, 0.05) is 48.5 Å². The molecule has 0 unspecified atom stereocenters. The number of aromatic nitrogens is 2. The van der Waals surface area contributed by atoms with Crippen molar-refractivity contribution in [1.82, 2.24) is 0 Å². The molecule has 0 N–H and O–H groups in total. The number of aryl methyl sites for hydroxylation is 2. The maximum atomic E-state index is 4.30. The second kappa shape index (κ2) is 11.3. The molecule has 4 rings (SSSR count). The van der Waals surface area contributed by atoms with E-state index in [1.165, 1.54) is 33.6 Å². The molecule has 0 radical (unpaired) electrons. The lowest BCUT2D eigenvalue weighted by Gasteiger charge is -2.03. The molecule has 0 atom stereocenters. The molecular weight excluding hydrogens is 428 g/mol. The van der Waals surface area contributed by atoms with E-state index in [0.29, 0.717) is 0 Å². The van der Waals surface area contributed by atoms with Crippen molar-refractivity contribution in [3.63, 3.8) is 0 Å². The zero-order valence-corrected chi connectivity index (χ0v) is 20.1. The summed E-state index contributed by atoms with van der Waals surface area (Å²) in [6, 6.07) is 26.3. The molecule has 2 nitrogen and oxygen atoms in total. The number of pyridine rings is 2. The molecule has 0 fully saturated rings. The fourth-order valence-electron chi connectivity index (χ4n) is 3.82. The summed E-state index contributed by atoms with van der Waals surface area (Å²) in [5, 5.41) is 0. The first-order valence-corrected chi connectivity index (χ1v) is 12.5. The second-order valence-corrected chi connectivity index (χ2v) is 8.87. The number of nitrogens with zero attached hydrogens (tertiary/aromatic N) is 2. The highest BCUT2D eigenvalue weighted by atomic mass is 32.1. The van der Waals surface area contributed by atoms with E-state index in [2.05, 4.69) is 132 Å². The van der Waals surface area contributed by atoms with E-state index in [1.54, 1.807) is 0 Å². The lowest BCUT2D eigenvalue weighted by Crippen LogP contribution is -2.29. The third-order valence-corrected chi connectivity index (χ3v) is 6.34. The highest BCUT2D eigenvalue weighted by Gasteiger charge is 2.10. The van der Waals surface area contributed by atoms with E-state index in [4.69, 9.17) is 0 Å². The zero-order chi connectivity index (χ0) is 22.2. The Hall–Kier alpha value is -2.56. The lowest BCUT2D eigenvalue weighted by molar-refractivity contribution is -0.596. The van der Waals surface area contributed by atoms with Gasteiger partial charge >= 0.3 is 0 Å². The van der Waals surface area contributed by atoms with Crippen LogP contribution in [0.25, 0.3) is 22.5 Å². The van der Waals surface area contributed by atoms with Gasteiger partial charge in [0.15, 0.2) is 24.8 Å². The number of rotatable bonds is 9. The highest BCUT2D eigenvalue weighted by molar-refractivity contribution is 7.80. The largest absolute Gasteiger partial charge is 0.210 e. The van der Waals surface area contributed by atoms with Crippen LogP contribution in [0.1, 0.15) is 24.0 Å². The van der Waals surface area contributed by atoms with Crippen molar-refractivity contribution in [2.24, 2.45) is 0 Å². The van der Waals surface area contributed by atoms with Crippen molar-refractivity contribution in [3.8, 4) is 22.5 Å². The van der Waals surface area contributed by atoms with E-state index < -0.39 is 0 Å². The SMILES string of the molecule is SCCCc1ccc(-[n+]2ccc(-c3cc[n+](-c4ccc(CCCS)cc4)cc3)cc2)cc1. The average Bonchev–Trinajstić information content (AvgIpc) is 2.87. The Kier molecular flexibility index (Phi) is 8.02. The molecule has 32 heavy (non-hydrogen) atoms. The van der Waals surface area contributed by atoms with Crippen molar-refractivity contribution in [3.05, 3.63) is 109 Å². The summed E-state index contributed by atoms with van der Waals surface area (Å²) in [5.41, 5.74) is 7.50. The van der Waals surface area contributed by atoms with Crippen LogP contribution in [0.5, 0.6) is 0 Å². The van der Waals surface area contributed by atoms with Gasteiger partial charge in [-0.3, -0.25) is 0 Å². The van der Waals surface area contributed by atoms with E-state index in [9.17, 15) is 0 Å². The molecule has 0 aliphatic heterocycles. The van der Waals surface area contributed by atoms with E-state index in [0.717, 1.165) is 37.2 Å². The first kappa shape index (κ1) is 22.6. The van der Waals surface area contributed by atoms with Crippen LogP contribution in [0.3, 0.4) is 0 Å². The molecule has 0 bridgehead atoms. The molecule has 0 amide bonds. The summed E-state index contributed by atoms with van der Waals surface area (Å²) >= 11 is 8.60. The van der Waals surface area contributed by atoms with E-state index in [1.807, 2.05) is 0 Å². The quantitative estimate of drug-likeness (QED) is 0.237. The molecular formula is C28H30N2S2+2. The second-order valence-electron chi connectivity index (χ2n) is 7.98. The summed E-state index contributed by atoms with van der Waals surface area (Å²) in [6.45, 7) is 0. The van der Waals surface area contributed by atoms with Crippen LogP contribution in [0.2, 0.25) is 0 Å². The summed E-state index contributed by atoms with van der Waals surface area (Å²) in [6.07, 6.45) is 12.9. The minimum Gasteiger partial charge on any atom is -0.179 e. The minimum atomic E-state index is 0.931. The molecule has 2 heterocycles. The molecule has 0 saturated carbocycles. The summed E-state index contributed by atoms with van der Waals surface area (Å²) in [4.78, 5) is 0. The Morgan fingerprint density at radius 3 is 1.12 bits per heavy atom. The van der Waals surface area contributed by atoms with Gasteiger partial charge in [0.2, 0.25) is 11.4 Å². The number of benzene rings is 2. The maximum Gasteiger partial charge on any atom is 0.210 e. The van der Waals surface area contributed by atoms with Crippen LogP contribution >= 0.6 is 25.3 Å². The highest BCUT2D eigenvalue weighted by Crippen LogP contribution is 2.17. The summed E-state index contributed by atoms with van der Waals surface area (Å²) in [5.74, 6) is 1.86. The number of hydrogen-bond donors (Lipinski definition) is 2. The van der Waals surface area contributed by atoms with Gasteiger partial charge in [-0.25, -0.2) is 0 Å². The Morgan fingerprint density at radius 1 is 0.469 bits per heavy atom. The predicted molar refractivity (Wildman–Crippen MR) is 139 cm³/mol. The topological polar surface area (TPSA) is 7.76 Å². The zero-order valence-electron chi connectivity index (χ0n) is 18.3. The Morgan fingerprint density at radius 2 is 0.812 bits per heavy atom. The van der Waals surface area contributed by atoms with Crippen molar-refractivity contribution in [1.29, 1.82) is 0 Å². The van der Waals surface area contributed by atoms with Crippen molar-refractivity contribution in [2.75, 3.05) is 11.5 Å². The Balaban J connectivity index is 1.44. The molecule has 4 aromatic rings. The van der Waals surface area contributed by atoms with Crippen LogP contribution < -0.4 is 9.13 Å². The predicted octanol–water partition coefficient (Wildman–Crippen LogP) is 5.63. The lowest BCUT2D eigenvalue weighted by atomic mass is 10.1. The summed E-state index contributed by atoms with van der Waals surface area (Å²) < 4.78 is 4.31. The van der Waals surface area contributed by atoms with Gasteiger partial charge < -0.3 is 0 Å². The normalized spacial score (nSPS) is 10.9. The van der Waals surface area contributed by atoms with Crippen LogP contribution in [0.4, 0.5) is 0 Å². The molecule has 0 spiro atoms. The molecule has 162 valence electrons. The average molecular weight is 459 g/mol.